The van der Waals surface area contributed by atoms with Gasteiger partial charge in [-0.3, -0.25) is 9.97 Å². The van der Waals surface area contributed by atoms with E-state index in [0.717, 1.165) is 66.9 Å². The molecule has 0 aliphatic rings. The standard InChI is InChI=1S/C39H36N3O.C15H18GeN.Ir/c1-23(2)30-19-28(27-12-8-7-9-13-27)20-31(24(3)4)33(30)22-42-35-15-11-10-14-34(35)41-39(42)29-17-16-25(5)37-32-21-40-26(6)18-36(32)43-38(29)37;1-12-5-7-13(8-6-12)15-10-9-14(11-17-15)16(2,3)4;/h7-16,18-21,23-24H,22H2,1-6H3;5-7,9-11H,1-4H3;/q2*-1;. The van der Waals surface area contributed by atoms with Crippen LogP contribution in [-0.4, -0.2) is 32.8 Å². The van der Waals surface area contributed by atoms with Crippen LogP contribution in [0, 0.1) is 32.9 Å². The summed E-state index contributed by atoms with van der Waals surface area (Å²) in [6, 6.07) is 45.4. The van der Waals surface area contributed by atoms with Gasteiger partial charge in [-0.15, -0.1) is 17.7 Å². The van der Waals surface area contributed by atoms with Gasteiger partial charge in [0.15, 0.2) is 0 Å². The maximum Gasteiger partial charge on any atom is 0.124 e. The SMILES string of the molecule is Cc1c[c-]c(-c2cc[c]([Ge]([CH3])([CH3])[CH3])cn2)cc1.Cc1cc2oc3c(-c4nc5ccccc5n4Cc4c(C(C)C)cc(-c5ccccc5)cc4C(C)C)[c-]cc(C)c3c2cn1.[Ir]. The van der Waals surface area contributed by atoms with E-state index in [2.05, 4.69) is 183 Å². The number of benzene rings is 5. The Morgan fingerprint density at radius 3 is 2.07 bits per heavy atom. The van der Waals surface area contributed by atoms with E-state index in [0.29, 0.717) is 18.4 Å². The van der Waals surface area contributed by atoms with Crippen LogP contribution in [0.2, 0.25) is 17.3 Å². The van der Waals surface area contributed by atoms with Crippen molar-refractivity contribution >= 4 is 50.6 Å². The zero-order chi connectivity index (χ0) is 42.3. The Bertz CT molecular complexity index is 2930. The minimum Gasteiger partial charge on any atom is -0.500 e. The molecule has 0 unspecified atom stereocenters. The summed E-state index contributed by atoms with van der Waals surface area (Å²) < 4.78 is 10.4. The van der Waals surface area contributed by atoms with Crippen molar-refractivity contribution < 1.29 is 24.5 Å². The second-order valence-electron chi connectivity index (χ2n) is 17.8. The summed E-state index contributed by atoms with van der Waals surface area (Å²) in [4.78, 5) is 14.3. The average molecular weight is 1040 g/mol. The first-order chi connectivity index (χ1) is 28.8. The molecule has 0 aliphatic heterocycles. The van der Waals surface area contributed by atoms with Crippen LogP contribution in [0.15, 0.2) is 126 Å². The number of pyridine rings is 2. The molecule has 61 heavy (non-hydrogen) atoms. The molecule has 0 amide bonds. The summed E-state index contributed by atoms with van der Waals surface area (Å²) in [7, 11) is 0. The van der Waals surface area contributed by atoms with Gasteiger partial charge < -0.3 is 8.98 Å². The number of rotatable bonds is 8. The number of para-hydroxylation sites is 2. The molecule has 9 aromatic rings. The van der Waals surface area contributed by atoms with Gasteiger partial charge in [-0.2, -0.15) is 0 Å². The molecule has 4 aromatic heterocycles. The van der Waals surface area contributed by atoms with E-state index in [-0.39, 0.29) is 20.1 Å². The van der Waals surface area contributed by atoms with Crippen LogP contribution in [0.25, 0.3) is 66.7 Å². The van der Waals surface area contributed by atoms with Crippen LogP contribution < -0.4 is 4.40 Å². The number of aromatic nitrogens is 4. The summed E-state index contributed by atoms with van der Waals surface area (Å²) in [5.41, 5.74) is 16.6. The molecule has 7 heteroatoms. The summed E-state index contributed by atoms with van der Waals surface area (Å²) in [5.74, 6) is 8.74. The number of nitrogens with zero attached hydrogens (tertiary/aromatic N) is 4. The number of imidazole rings is 1. The van der Waals surface area contributed by atoms with Gasteiger partial charge in [0.1, 0.15) is 5.58 Å². The first-order valence-corrected chi connectivity index (χ1v) is 28.4. The zero-order valence-electron chi connectivity index (χ0n) is 36.9. The summed E-state index contributed by atoms with van der Waals surface area (Å²) in [5, 5.41) is 2.10. The Balaban J connectivity index is 0.000000262. The molecule has 0 spiro atoms. The molecular weight excluding hydrogens is 985 g/mol. The van der Waals surface area contributed by atoms with Gasteiger partial charge in [0.05, 0.1) is 22.4 Å². The summed E-state index contributed by atoms with van der Waals surface area (Å²) in [6.45, 7) is 16.1. The smallest absolute Gasteiger partial charge is 0.124 e. The van der Waals surface area contributed by atoms with Crippen molar-refractivity contribution in [3.8, 4) is 33.8 Å². The third-order valence-corrected chi connectivity index (χ3v) is 15.8. The molecular formula is C54H54GeIrN4O-2. The molecule has 4 heterocycles. The molecule has 9 rings (SSSR count). The van der Waals surface area contributed by atoms with Gasteiger partial charge in [0, 0.05) is 50.0 Å². The van der Waals surface area contributed by atoms with Crippen LogP contribution in [0.4, 0.5) is 0 Å². The van der Waals surface area contributed by atoms with Crippen molar-refractivity contribution in [1.29, 1.82) is 0 Å². The van der Waals surface area contributed by atoms with E-state index >= 15 is 0 Å². The Morgan fingerprint density at radius 2 is 1.43 bits per heavy atom. The first kappa shape index (κ1) is 43.9. The first-order valence-electron chi connectivity index (χ1n) is 21.1. The van der Waals surface area contributed by atoms with Crippen molar-refractivity contribution in [2.75, 3.05) is 0 Å². The largest absolute Gasteiger partial charge is 0.500 e. The van der Waals surface area contributed by atoms with Crippen molar-refractivity contribution in [2.45, 2.75) is 84.1 Å². The Morgan fingerprint density at radius 1 is 0.721 bits per heavy atom. The molecule has 0 saturated heterocycles. The summed E-state index contributed by atoms with van der Waals surface area (Å²) in [6.07, 6.45) is 3.97. The van der Waals surface area contributed by atoms with Gasteiger partial charge >= 0.3 is 106 Å². The van der Waals surface area contributed by atoms with Crippen molar-refractivity contribution in [3.05, 3.63) is 167 Å². The third-order valence-electron chi connectivity index (χ3n) is 11.5. The number of fused-ring (bicyclic) bond motifs is 4. The average Bonchev–Trinajstić information content (AvgIpc) is 3.80. The molecule has 0 saturated carbocycles. The second kappa shape index (κ2) is 18.1. The van der Waals surface area contributed by atoms with Crippen LogP contribution in [0.1, 0.15) is 73.0 Å². The van der Waals surface area contributed by atoms with Gasteiger partial charge in [-0.05, 0) is 58.7 Å². The fourth-order valence-corrected chi connectivity index (χ4v) is 10.3. The van der Waals surface area contributed by atoms with Crippen LogP contribution in [-0.2, 0) is 26.7 Å². The number of hydrogen-bond acceptors (Lipinski definition) is 4. The predicted molar refractivity (Wildman–Crippen MR) is 254 cm³/mol. The molecule has 0 atom stereocenters. The monoisotopic (exact) mass is 1040 g/mol. The van der Waals surface area contributed by atoms with Gasteiger partial charge in [-0.25, -0.2) is 0 Å². The van der Waals surface area contributed by atoms with Crippen molar-refractivity contribution in [1.82, 2.24) is 19.5 Å². The second-order valence-corrected chi connectivity index (χ2v) is 28.4. The minimum atomic E-state index is -1.73. The summed E-state index contributed by atoms with van der Waals surface area (Å²) >= 11 is -1.73. The van der Waals surface area contributed by atoms with E-state index in [9.17, 15) is 0 Å². The van der Waals surface area contributed by atoms with Crippen molar-refractivity contribution in [2.24, 2.45) is 0 Å². The molecule has 0 fully saturated rings. The van der Waals surface area contributed by atoms with Gasteiger partial charge in [-0.1, -0.05) is 100 Å². The van der Waals surface area contributed by atoms with Gasteiger partial charge in [0.2, 0.25) is 0 Å². The Kier molecular flexibility index (Phi) is 13.0. The predicted octanol–water partition coefficient (Wildman–Crippen LogP) is 13.8. The maximum atomic E-state index is 6.56. The fourth-order valence-electron chi connectivity index (χ4n) is 8.11. The van der Waals surface area contributed by atoms with E-state index in [1.165, 1.54) is 37.8 Å². The van der Waals surface area contributed by atoms with Crippen LogP contribution in [0.5, 0.6) is 0 Å². The molecule has 1 radical (unpaired) electrons. The van der Waals surface area contributed by atoms with E-state index in [4.69, 9.17) is 9.40 Å². The van der Waals surface area contributed by atoms with Gasteiger partial charge in [0.25, 0.3) is 0 Å². The third kappa shape index (κ3) is 9.09. The van der Waals surface area contributed by atoms with Crippen molar-refractivity contribution in [3.63, 3.8) is 0 Å². The zero-order valence-corrected chi connectivity index (χ0v) is 41.4. The topological polar surface area (TPSA) is 56.7 Å². The van der Waals surface area contributed by atoms with Crippen LogP contribution >= 0.6 is 0 Å². The van der Waals surface area contributed by atoms with Crippen LogP contribution in [0.3, 0.4) is 0 Å². The number of aryl methyl sites for hydroxylation is 3. The Labute approximate surface area is 377 Å². The Hall–Kier alpha value is -5.14. The maximum absolute atomic E-state index is 6.56. The van der Waals surface area contributed by atoms with E-state index < -0.39 is 13.3 Å². The molecule has 311 valence electrons. The molecule has 0 aliphatic carbocycles. The number of hydrogen-bond donors (Lipinski definition) is 0. The molecule has 0 N–H and O–H groups in total. The minimum absolute atomic E-state index is 0. The quantitative estimate of drug-likeness (QED) is 0.112. The fraction of sp³-hybridized carbons (Fsp3) is 0.241. The molecule has 0 bridgehead atoms. The normalized spacial score (nSPS) is 11.7. The van der Waals surface area contributed by atoms with E-state index in [1.54, 1.807) is 0 Å². The number of furan rings is 1. The van der Waals surface area contributed by atoms with E-state index in [1.807, 2.05) is 31.5 Å². The molecule has 5 aromatic carbocycles. The molecule has 5 nitrogen and oxygen atoms in total.